The Labute approximate surface area is 99.5 Å². The maximum absolute atomic E-state index is 12.6. The van der Waals surface area contributed by atoms with Gasteiger partial charge >= 0.3 is 36.2 Å². The predicted molar refractivity (Wildman–Crippen MR) is 32.6 cm³/mol. The summed E-state index contributed by atoms with van der Waals surface area (Å²) >= 11 is 0. The van der Waals surface area contributed by atoms with Gasteiger partial charge in [-0.25, -0.2) is 0 Å². The van der Waals surface area contributed by atoms with Crippen molar-refractivity contribution in [1.82, 2.24) is 4.90 Å². The topological polar surface area (TPSA) is 3.01 Å². The average Bonchev–Trinajstić information content (AvgIpc) is 2.54. The molecule has 0 N–H and O–H groups in total. The van der Waals surface area contributed by atoms with Gasteiger partial charge in [0.25, 0.3) is 0 Å². The van der Waals surface area contributed by atoms with Gasteiger partial charge in [-0.15, -0.1) is 4.90 Å². The van der Waals surface area contributed by atoms with Gasteiger partial charge < -0.3 is 0 Å². The van der Waals surface area contributed by atoms with Crippen LogP contribution in [0.15, 0.2) is 0 Å². The van der Waals surface area contributed by atoms with Crippen LogP contribution in [-0.4, -0.2) is 41.1 Å². The first-order valence-electron chi connectivity index (χ1n) is 4.13. The van der Waals surface area contributed by atoms with Crippen LogP contribution in [0.2, 0.25) is 0 Å². The van der Waals surface area contributed by atoms with Gasteiger partial charge in [0, 0.05) is 0 Å². The van der Waals surface area contributed by atoms with Crippen LogP contribution >= 0.6 is 0 Å². The van der Waals surface area contributed by atoms with E-state index in [1.54, 1.807) is 0 Å². The third kappa shape index (κ3) is 1.69. The highest BCUT2D eigenvalue weighted by atomic mass is 19.4. The van der Waals surface area contributed by atoms with Gasteiger partial charge in [-0.3, -0.25) is 0 Å². The van der Waals surface area contributed by atoms with Gasteiger partial charge in [-0.1, -0.05) is 0 Å². The van der Waals surface area contributed by atoms with Gasteiger partial charge in [0.2, 0.25) is 0 Å². The molecule has 120 valence electrons. The fourth-order valence-corrected chi connectivity index (χ4v) is 1.12. The molecule has 1 fully saturated rings. The van der Waals surface area contributed by atoms with Crippen molar-refractivity contribution < 1.29 is 57.1 Å². The van der Waals surface area contributed by atoms with Crippen LogP contribution in [0.25, 0.3) is 0 Å². The second-order valence-corrected chi connectivity index (χ2v) is 3.61. The number of rotatable bonds is 3. The second kappa shape index (κ2) is 3.62. The predicted octanol–water partition coefficient (Wildman–Crippen LogP) is 3.91. The molecule has 1 aliphatic rings. The fraction of sp³-hybridized carbons (Fsp3) is 1.00. The number of nitrogens with zero attached hydrogens (tertiary/aromatic N) is 1. The van der Waals surface area contributed by atoms with Gasteiger partial charge in [0.1, 0.15) is 0 Å². The van der Waals surface area contributed by atoms with E-state index in [9.17, 15) is 57.1 Å². The summed E-state index contributed by atoms with van der Waals surface area (Å²) in [6.45, 7) is 0. The van der Waals surface area contributed by atoms with Crippen LogP contribution in [0.1, 0.15) is 0 Å². The first-order chi connectivity index (χ1) is 8.37. The molecule has 0 radical (unpaired) electrons. The highest BCUT2D eigenvalue weighted by molar-refractivity contribution is 5.13. The third-order valence-corrected chi connectivity index (χ3v) is 2.28. The normalized spacial score (nSPS) is 23.9. The molecule has 20 heavy (non-hydrogen) atoms. The fourth-order valence-electron chi connectivity index (χ4n) is 1.12. The SMILES string of the molecule is FC(F)(F)C(F)(F)C(F)(F)C(F)(F)N1C(F)(F)C1(F)F. The Morgan fingerprint density at radius 3 is 1.05 bits per heavy atom. The lowest BCUT2D eigenvalue weighted by Gasteiger charge is -2.33. The zero-order valence-electron chi connectivity index (χ0n) is 8.36. The van der Waals surface area contributed by atoms with Crippen LogP contribution < -0.4 is 0 Å². The van der Waals surface area contributed by atoms with Crippen molar-refractivity contribution in [2.24, 2.45) is 0 Å². The van der Waals surface area contributed by atoms with Gasteiger partial charge in [0.15, 0.2) is 0 Å². The largest absolute Gasteiger partial charge is 0.460 e. The van der Waals surface area contributed by atoms with E-state index in [2.05, 4.69) is 0 Å². The first kappa shape index (κ1) is 17.1. The van der Waals surface area contributed by atoms with Gasteiger partial charge in [-0.05, 0) is 0 Å². The summed E-state index contributed by atoms with van der Waals surface area (Å²) in [7, 11) is 0. The minimum Gasteiger partial charge on any atom is -0.191 e. The van der Waals surface area contributed by atoms with E-state index in [1.165, 1.54) is 0 Å². The molecular weight excluding hydrogens is 333 g/mol. The van der Waals surface area contributed by atoms with Crippen LogP contribution in [-0.2, 0) is 0 Å². The minimum absolute atomic E-state index is 3.01. The molecule has 0 amide bonds. The molecular formula is C6F13N. The summed E-state index contributed by atoms with van der Waals surface area (Å²) in [6.07, 6.45) is -7.28. The molecule has 0 aliphatic carbocycles. The quantitative estimate of drug-likeness (QED) is 0.430. The number of alkyl halides is 13. The maximum atomic E-state index is 12.6. The van der Waals surface area contributed by atoms with Crippen LogP contribution in [0.5, 0.6) is 0 Å². The lowest BCUT2D eigenvalue weighted by molar-refractivity contribution is -0.417. The standard InChI is InChI=1S/C6F13N/c7-1(8,3(11,12)13)2(9,10)4(14,15)20-5(16,17)6(20,18)19. The summed E-state index contributed by atoms with van der Waals surface area (Å²) in [5, 5.41) is 0. The van der Waals surface area contributed by atoms with Gasteiger partial charge in [-0.2, -0.15) is 57.1 Å². The van der Waals surface area contributed by atoms with Crippen LogP contribution in [0, 0.1) is 0 Å². The Bertz CT molecular complexity index is 392. The van der Waals surface area contributed by atoms with E-state index in [0.29, 0.717) is 0 Å². The number of halogens is 13. The number of hydrogen-bond acceptors (Lipinski definition) is 1. The van der Waals surface area contributed by atoms with Crippen molar-refractivity contribution >= 4 is 0 Å². The van der Waals surface area contributed by atoms with E-state index in [4.69, 9.17) is 0 Å². The molecule has 0 aromatic carbocycles. The minimum atomic E-state index is -7.55. The molecule has 0 atom stereocenters. The van der Waals surface area contributed by atoms with Crippen molar-refractivity contribution in [1.29, 1.82) is 0 Å². The third-order valence-electron chi connectivity index (χ3n) is 2.28. The van der Waals surface area contributed by atoms with E-state index >= 15 is 0 Å². The van der Waals surface area contributed by atoms with Crippen molar-refractivity contribution in [2.75, 3.05) is 0 Å². The molecule has 1 nitrogen and oxygen atoms in total. The molecule has 1 rings (SSSR count). The molecule has 0 aromatic heterocycles. The van der Waals surface area contributed by atoms with E-state index < -0.39 is 41.1 Å². The molecule has 1 heterocycles. The monoisotopic (exact) mass is 333 g/mol. The first-order valence-corrected chi connectivity index (χ1v) is 4.13. The average molecular weight is 333 g/mol. The Morgan fingerprint density at radius 2 is 0.850 bits per heavy atom. The molecule has 0 saturated carbocycles. The smallest absolute Gasteiger partial charge is 0.191 e. The highest BCUT2D eigenvalue weighted by Gasteiger charge is 2.97. The Kier molecular flexibility index (Phi) is 3.10. The van der Waals surface area contributed by atoms with Crippen LogP contribution in [0.4, 0.5) is 57.1 Å². The zero-order chi connectivity index (χ0) is 16.6. The Balaban J connectivity index is 3.29. The van der Waals surface area contributed by atoms with Crippen molar-refractivity contribution in [2.45, 2.75) is 36.2 Å². The Morgan fingerprint density at radius 1 is 0.550 bits per heavy atom. The lowest BCUT2D eigenvalue weighted by Crippen LogP contribution is -2.64. The van der Waals surface area contributed by atoms with Gasteiger partial charge in [0.05, 0.1) is 0 Å². The summed E-state index contributed by atoms with van der Waals surface area (Å²) in [6, 6.07) is -19.1. The van der Waals surface area contributed by atoms with E-state index in [-0.39, 0.29) is 0 Å². The van der Waals surface area contributed by atoms with E-state index in [1.807, 2.05) is 0 Å². The Hall–Kier alpha value is -0.950. The summed E-state index contributed by atoms with van der Waals surface area (Å²) in [4.78, 5) is -3.01. The molecule has 0 bridgehead atoms. The summed E-state index contributed by atoms with van der Waals surface area (Å²) in [5.41, 5.74) is 0. The number of hydrogen-bond donors (Lipinski definition) is 0. The molecule has 1 saturated heterocycles. The zero-order valence-corrected chi connectivity index (χ0v) is 8.36. The summed E-state index contributed by atoms with van der Waals surface area (Å²) < 4.78 is 158. The van der Waals surface area contributed by atoms with Crippen molar-refractivity contribution in [3.05, 3.63) is 0 Å². The lowest BCUT2D eigenvalue weighted by atomic mass is 10.1. The maximum Gasteiger partial charge on any atom is 0.460 e. The molecule has 0 aromatic rings. The molecule has 0 unspecified atom stereocenters. The highest BCUT2D eigenvalue weighted by Crippen LogP contribution is 2.66. The molecule has 0 spiro atoms. The molecule has 14 heteroatoms. The van der Waals surface area contributed by atoms with Crippen LogP contribution in [0.3, 0.4) is 0 Å². The summed E-state index contributed by atoms with van der Waals surface area (Å²) in [5.74, 6) is -15.1. The van der Waals surface area contributed by atoms with E-state index in [0.717, 1.165) is 0 Å². The second-order valence-electron chi connectivity index (χ2n) is 3.61. The van der Waals surface area contributed by atoms with Crippen molar-refractivity contribution in [3.8, 4) is 0 Å². The molecule has 1 aliphatic heterocycles. The van der Waals surface area contributed by atoms with Crippen molar-refractivity contribution in [3.63, 3.8) is 0 Å².